The van der Waals surface area contributed by atoms with Crippen molar-refractivity contribution in [3.63, 3.8) is 0 Å². The van der Waals surface area contributed by atoms with Crippen LogP contribution in [0.4, 0.5) is 5.69 Å². The molecule has 1 aliphatic heterocycles. The number of pyridine rings is 1. The average molecular weight is 267 g/mol. The molecule has 2 heterocycles. The molecule has 3 rings (SSSR count). The van der Waals surface area contributed by atoms with Gasteiger partial charge in [0.05, 0.1) is 11.9 Å². The normalized spacial score (nSPS) is 13.2. The first kappa shape index (κ1) is 12.3. The molecule has 0 saturated carbocycles. The second-order valence-corrected chi connectivity index (χ2v) is 4.61. The Labute approximate surface area is 116 Å². The zero-order chi connectivity index (χ0) is 13.9. The summed E-state index contributed by atoms with van der Waals surface area (Å²) in [5, 5.41) is 2.72. The molecule has 1 N–H and O–H groups in total. The van der Waals surface area contributed by atoms with Crippen molar-refractivity contribution in [1.82, 2.24) is 9.88 Å². The minimum atomic E-state index is -0.223. The van der Waals surface area contributed by atoms with E-state index < -0.39 is 0 Å². The van der Waals surface area contributed by atoms with E-state index >= 15 is 0 Å². The van der Waals surface area contributed by atoms with Gasteiger partial charge in [-0.25, -0.2) is 0 Å². The van der Waals surface area contributed by atoms with Crippen molar-refractivity contribution < 1.29 is 9.59 Å². The third-order valence-electron chi connectivity index (χ3n) is 3.18. The van der Waals surface area contributed by atoms with E-state index in [0.717, 1.165) is 5.56 Å². The summed E-state index contributed by atoms with van der Waals surface area (Å²) in [5.74, 6) is -0.318. The number of aromatic nitrogens is 1. The van der Waals surface area contributed by atoms with Gasteiger partial charge in [0, 0.05) is 18.3 Å². The summed E-state index contributed by atoms with van der Waals surface area (Å²) in [7, 11) is 0. The van der Waals surface area contributed by atoms with Crippen LogP contribution in [-0.4, -0.2) is 28.2 Å². The third kappa shape index (κ3) is 2.38. The number of fused-ring (bicyclic) bond motifs is 1. The van der Waals surface area contributed by atoms with Gasteiger partial charge < -0.3 is 10.2 Å². The molecule has 1 aromatic carbocycles. The van der Waals surface area contributed by atoms with Crippen LogP contribution in [0.15, 0.2) is 48.8 Å². The van der Waals surface area contributed by atoms with Crippen LogP contribution in [0, 0.1) is 0 Å². The molecule has 0 atom stereocenters. The van der Waals surface area contributed by atoms with Crippen molar-refractivity contribution in [3.05, 3.63) is 59.9 Å². The van der Waals surface area contributed by atoms with Crippen LogP contribution < -0.4 is 5.32 Å². The van der Waals surface area contributed by atoms with E-state index in [4.69, 9.17) is 0 Å². The Morgan fingerprint density at radius 1 is 1.25 bits per heavy atom. The molecule has 0 aliphatic carbocycles. The highest BCUT2D eigenvalue weighted by Gasteiger charge is 2.28. The van der Waals surface area contributed by atoms with E-state index in [1.54, 1.807) is 30.6 Å². The maximum Gasteiger partial charge on any atom is 0.254 e. The highest BCUT2D eigenvalue weighted by molar-refractivity contribution is 6.02. The Balaban J connectivity index is 1.65. The van der Waals surface area contributed by atoms with Crippen molar-refractivity contribution in [1.29, 1.82) is 0 Å². The Morgan fingerprint density at radius 2 is 2.10 bits per heavy atom. The highest BCUT2D eigenvalue weighted by Crippen LogP contribution is 2.21. The van der Waals surface area contributed by atoms with Crippen LogP contribution in [0.3, 0.4) is 0 Å². The van der Waals surface area contributed by atoms with Crippen molar-refractivity contribution in [2.45, 2.75) is 6.54 Å². The maximum atomic E-state index is 12.1. The molecule has 0 bridgehead atoms. The number of rotatable bonds is 3. The van der Waals surface area contributed by atoms with Gasteiger partial charge in [-0.3, -0.25) is 14.6 Å². The Kier molecular flexibility index (Phi) is 3.16. The first-order valence-electron chi connectivity index (χ1n) is 6.31. The zero-order valence-corrected chi connectivity index (χ0v) is 10.7. The smallest absolute Gasteiger partial charge is 0.254 e. The van der Waals surface area contributed by atoms with Crippen molar-refractivity contribution in [3.8, 4) is 0 Å². The minimum absolute atomic E-state index is 0.0441. The van der Waals surface area contributed by atoms with Crippen molar-refractivity contribution >= 4 is 17.5 Å². The quantitative estimate of drug-likeness (QED) is 0.920. The van der Waals surface area contributed by atoms with Gasteiger partial charge in [0.15, 0.2) is 0 Å². The summed E-state index contributed by atoms with van der Waals surface area (Å²) >= 11 is 0. The van der Waals surface area contributed by atoms with Gasteiger partial charge >= 0.3 is 0 Å². The summed E-state index contributed by atoms with van der Waals surface area (Å²) in [6.07, 6.45) is 3.20. The van der Waals surface area contributed by atoms with Gasteiger partial charge in [0.25, 0.3) is 5.91 Å². The lowest BCUT2D eigenvalue weighted by molar-refractivity contribution is -0.116. The lowest BCUT2D eigenvalue weighted by atomic mass is 10.1. The number of anilines is 1. The number of carbonyl (C=O) groups excluding carboxylic acids is 2. The van der Waals surface area contributed by atoms with Crippen LogP contribution in [0.25, 0.3) is 0 Å². The van der Waals surface area contributed by atoms with Crippen LogP contribution in [0.1, 0.15) is 15.9 Å². The lowest BCUT2D eigenvalue weighted by Crippen LogP contribution is -2.33. The van der Waals surface area contributed by atoms with Crippen molar-refractivity contribution in [2.24, 2.45) is 0 Å². The van der Waals surface area contributed by atoms with Crippen LogP contribution in [0.5, 0.6) is 0 Å². The SMILES string of the molecule is O=C(CN1Cc2ccccc2C1=O)Nc1cccnc1. The van der Waals surface area contributed by atoms with Gasteiger partial charge in [-0.05, 0) is 23.8 Å². The maximum absolute atomic E-state index is 12.1. The van der Waals surface area contributed by atoms with E-state index in [1.165, 1.54) is 4.90 Å². The Bertz CT molecular complexity index is 655. The largest absolute Gasteiger partial charge is 0.325 e. The second kappa shape index (κ2) is 5.13. The third-order valence-corrected chi connectivity index (χ3v) is 3.18. The van der Waals surface area contributed by atoms with Gasteiger partial charge in [0.1, 0.15) is 6.54 Å². The molecule has 2 amide bonds. The van der Waals surface area contributed by atoms with E-state index in [2.05, 4.69) is 10.3 Å². The van der Waals surface area contributed by atoms with Gasteiger partial charge in [-0.2, -0.15) is 0 Å². The highest BCUT2D eigenvalue weighted by atomic mass is 16.2. The predicted molar refractivity (Wildman–Crippen MR) is 74.0 cm³/mol. The van der Waals surface area contributed by atoms with Crippen molar-refractivity contribution in [2.75, 3.05) is 11.9 Å². The fourth-order valence-electron chi connectivity index (χ4n) is 2.25. The first-order chi connectivity index (χ1) is 9.74. The molecular weight excluding hydrogens is 254 g/mol. The molecule has 1 aliphatic rings. The predicted octanol–water partition coefficient (Wildman–Crippen LogP) is 1.68. The first-order valence-corrected chi connectivity index (χ1v) is 6.31. The van der Waals surface area contributed by atoms with E-state index in [0.29, 0.717) is 17.8 Å². The molecule has 2 aromatic rings. The molecule has 1 aromatic heterocycles. The fourth-order valence-corrected chi connectivity index (χ4v) is 2.25. The lowest BCUT2D eigenvalue weighted by Gasteiger charge is -2.15. The number of hydrogen-bond donors (Lipinski definition) is 1. The number of nitrogens with one attached hydrogen (secondary N) is 1. The molecule has 0 saturated heterocycles. The molecule has 100 valence electrons. The molecule has 0 unspecified atom stereocenters. The minimum Gasteiger partial charge on any atom is -0.325 e. The van der Waals surface area contributed by atoms with Gasteiger partial charge in [-0.1, -0.05) is 18.2 Å². The molecule has 0 spiro atoms. The zero-order valence-electron chi connectivity index (χ0n) is 10.7. The Hall–Kier alpha value is -2.69. The van der Waals surface area contributed by atoms with E-state index in [-0.39, 0.29) is 18.4 Å². The number of amides is 2. The van der Waals surface area contributed by atoms with Crippen LogP contribution in [-0.2, 0) is 11.3 Å². The summed E-state index contributed by atoms with van der Waals surface area (Å²) in [4.78, 5) is 29.5. The van der Waals surface area contributed by atoms with Crippen LogP contribution in [0.2, 0.25) is 0 Å². The molecule has 20 heavy (non-hydrogen) atoms. The Morgan fingerprint density at radius 3 is 2.85 bits per heavy atom. The summed E-state index contributed by atoms with van der Waals surface area (Å²) < 4.78 is 0. The number of nitrogens with zero attached hydrogens (tertiary/aromatic N) is 2. The molecular formula is C15H13N3O2. The van der Waals surface area contributed by atoms with E-state index in [9.17, 15) is 9.59 Å². The monoisotopic (exact) mass is 267 g/mol. The second-order valence-electron chi connectivity index (χ2n) is 4.61. The van der Waals surface area contributed by atoms with Gasteiger partial charge in [-0.15, -0.1) is 0 Å². The molecule has 0 fully saturated rings. The van der Waals surface area contributed by atoms with Gasteiger partial charge in [0.2, 0.25) is 5.91 Å². The fraction of sp³-hybridized carbons (Fsp3) is 0.133. The summed E-state index contributed by atoms with van der Waals surface area (Å²) in [5.41, 5.74) is 2.27. The molecule has 0 radical (unpaired) electrons. The van der Waals surface area contributed by atoms with Crippen LogP contribution >= 0.6 is 0 Å². The summed E-state index contributed by atoms with van der Waals surface area (Å²) in [6.45, 7) is 0.526. The molecule has 5 heteroatoms. The number of benzene rings is 1. The number of hydrogen-bond acceptors (Lipinski definition) is 3. The van der Waals surface area contributed by atoms with E-state index in [1.807, 2.05) is 18.2 Å². The average Bonchev–Trinajstić information content (AvgIpc) is 2.77. The number of carbonyl (C=O) groups is 2. The molecule has 5 nitrogen and oxygen atoms in total. The summed E-state index contributed by atoms with van der Waals surface area (Å²) in [6, 6.07) is 10.9. The topological polar surface area (TPSA) is 62.3 Å². The standard InChI is InChI=1S/C15H13N3O2/c19-14(17-12-5-3-7-16-8-12)10-18-9-11-4-1-2-6-13(11)15(18)20/h1-8H,9-10H2,(H,17,19).